The van der Waals surface area contributed by atoms with E-state index in [0.29, 0.717) is 0 Å². The van der Waals surface area contributed by atoms with Gasteiger partial charge in [0.05, 0.1) is 0 Å². The van der Waals surface area contributed by atoms with Gasteiger partial charge in [-0.15, -0.1) is 0 Å². The van der Waals surface area contributed by atoms with Crippen molar-refractivity contribution in [1.29, 1.82) is 0 Å². The van der Waals surface area contributed by atoms with Gasteiger partial charge < -0.3 is 9.52 Å². The molecule has 0 aliphatic rings. The number of furan rings is 1. The van der Waals surface area contributed by atoms with Crippen LogP contribution in [0.15, 0.2) is 16.5 Å². The summed E-state index contributed by atoms with van der Waals surface area (Å²) in [5, 5.41) is 8.33. The predicted molar refractivity (Wildman–Crippen MR) is 38.2 cm³/mol. The second-order valence-corrected chi connectivity index (χ2v) is 2.03. The van der Waals surface area contributed by atoms with Gasteiger partial charge in [0.15, 0.2) is 11.0 Å². The van der Waals surface area contributed by atoms with Crippen molar-refractivity contribution in [3.63, 3.8) is 0 Å². The minimum atomic E-state index is -1.20. The van der Waals surface area contributed by atoms with Crippen LogP contribution in [0.4, 0.5) is 0 Å². The van der Waals surface area contributed by atoms with E-state index in [1.54, 1.807) is 0 Å². The summed E-state index contributed by atoms with van der Waals surface area (Å²) in [5.74, 6) is 3.20. The Morgan fingerprint density at radius 2 is 2.36 bits per heavy atom. The lowest BCUT2D eigenvalue weighted by molar-refractivity contribution is -0.130. The lowest BCUT2D eigenvalue weighted by Gasteiger charge is -1.76. The number of hydrogen-bond donors (Lipinski definition) is 1. The quantitative estimate of drug-likeness (QED) is 0.599. The molecule has 1 N–H and O–H groups in total. The van der Waals surface area contributed by atoms with E-state index in [1.807, 2.05) is 5.92 Å². The third kappa shape index (κ3) is 2.36. The molecule has 3 nitrogen and oxygen atoms in total. The fraction of sp³-hybridized carbons (Fsp3) is 0. The molecule has 0 spiro atoms. The molecule has 0 radical (unpaired) electrons. The lowest BCUT2D eigenvalue weighted by atomic mass is 10.4. The van der Waals surface area contributed by atoms with Crippen molar-refractivity contribution < 1.29 is 14.3 Å². The summed E-state index contributed by atoms with van der Waals surface area (Å²) < 4.78 is 4.76. The topological polar surface area (TPSA) is 50.4 Å². The summed E-state index contributed by atoms with van der Waals surface area (Å²) in [4.78, 5) is 9.93. The van der Waals surface area contributed by atoms with Gasteiger partial charge in [0, 0.05) is 5.92 Å². The monoisotopic (exact) mass is 170 g/mol. The second-order valence-electron chi connectivity index (χ2n) is 1.66. The molecule has 0 aliphatic carbocycles. The van der Waals surface area contributed by atoms with Gasteiger partial charge in [-0.2, -0.15) is 0 Å². The summed E-state index contributed by atoms with van der Waals surface area (Å²) in [6.07, 6.45) is 0. The Kier molecular flexibility index (Phi) is 2.19. The van der Waals surface area contributed by atoms with E-state index in [2.05, 4.69) is 5.92 Å². The molecule has 0 atom stereocenters. The van der Waals surface area contributed by atoms with Crippen molar-refractivity contribution in [2.24, 2.45) is 0 Å². The van der Waals surface area contributed by atoms with Crippen molar-refractivity contribution in [3.05, 3.63) is 23.1 Å². The molecule has 11 heavy (non-hydrogen) atoms. The maximum atomic E-state index is 9.93. The highest BCUT2D eigenvalue weighted by molar-refractivity contribution is 6.28. The minimum absolute atomic E-state index is 0.194. The van der Waals surface area contributed by atoms with E-state index in [4.69, 9.17) is 21.1 Å². The predicted octanol–water partition coefficient (Wildman–Crippen LogP) is 1.37. The summed E-state index contributed by atoms with van der Waals surface area (Å²) in [6.45, 7) is 0. The Hall–Kier alpha value is -1.40. The normalized spacial score (nSPS) is 8.45. The highest BCUT2D eigenvalue weighted by Gasteiger charge is 1.94. The van der Waals surface area contributed by atoms with Crippen LogP contribution >= 0.6 is 11.6 Å². The van der Waals surface area contributed by atoms with E-state index in [0.717, 1.165) is 0 Å². The number of rotatable bonds is 0. The summed E-state index contributed by atoms with van der Waals surface area (Å²) in [7, 11) is 0. The lowest BCUT2D eigenvalue weighted by Crippen LogP contribution is -1.86. The average molecular weight is 171 g/mol. The van der Waals surface area contributed by atoms with E-state index in [9.17, 15) is 4.79 Å². The van der Waals surface area contributed by atoms with E-state index >= 15 is 0 Å². The molecule has 0 amide bonds. The molecule has 4 heteroatoms. The maximum Gasteiger partial charge on any atom is 0.382 e. The second kappa shape index (κ2) is 3.13. The molecule has 0 bridgehead atoms. The highest BCUT2D eigenvalue weighted by Crippen LogP contribution is 2.11. The first-order valence-electron chi connectivity index (χ1n) is 2.69. The van der Waals surface area contributed by atoms with Gasteiger partial charge in [-0.25, -0.2) is 4.79 Å². The number of aliphatic carboxylic acids is 1. The van der Waals surface area contributed by atoms with Crippen LogP contribution in [0.2, 0.25) is 5.22 Å². The van der Waals surface area contributed by atoms with Crippen LogP contribution in [0.3, 0.4) is 0 Å². The first-order valence-corrected chi connectivity index (χ1v) is 3.06. The summed E-state index contributed by atoms with van der Waals surface area (Å²) in [6, 6.07) is 2.99. The van der Waals surface area contributed by atoms with E-state index < -0.39 is 5.97 Å². The first-order chi connectivity index (χ1) is 5.18. The molecule has 0 unspecified atom stereocenters. The number of halogens is 1. The van der Waals surface area contributed by atoms with Crippen molar-refractivity contribution in [1.82, 2.24) is 0 Å². The zero-order valence-corrected chi connectivity index (χ0v) is 6.05. The molecule has 0 saturated heterocycles. The molecule has 1 heterocycles. The van der Waals surface area contributed by atoms with Crippen LogP contribution in [0.5, 0.6) is 0 Å². The molecule has 1 rings (SSSR count). The van der Waals surface area contributed by atoms with Gasteiger partial charge in [-0.1, -0.05) is 0 Å². The van der Waals surface area contributed by atoms with Crippen LogP contribution in [0.25, 0.3) is 0 Å². The van der Waals surface area contributed by atoms with Crippen molar-refractivity contribution >= 4 is 17.6 Å². The van der Waals surface area contributed by atoms with Gasteiger partial charge in [0.2, 0.25) is 0 Å². The van der Waals surface area contributed by atoms with Gasteiger partial charge in [0.1, 0.15) is 0 Å². The Morgan fingerprint density at radius 1 is 1.64 bits per heavy atom. The van der Waals surface area contributed by atoms with E-state index in [1.165, 1.54) is 12.1 Å². The Labute approximate surface area is 67.6 Å². The van der Waals surface area contributed by atoms with E-state index in [-0.39, 0.29) is 11.0 Å². The minimum Gasteiger partial charge on any atom is -0.472 e. The number of carbonyl (C=O) groups is 1. The standard InChI is InChI=1S/C7H3ClO3/c8-6-3-1-5(11-6)2-4-7(9)10/h1,3H,(H,9,10). The van der Waals surface area contributed by atoms with Crippen LogP contribution in [0, 0.1) is 11.8 Å². The molecule has 1 aromatic rings. The Balaban J connectivity index is 2.82. The zero-order chi connectivity index (χ0) is 8.27. The number of hydrogen-bond acceptors (Lipinski definition) is 2. The summed E-state index contributed by atoms with van der Waals surface area (Å²) in [5.41, 5.74) is 0. The van der Waals surface area contributed by atoms with Crippen LogP contribution in [-0.4, -0.2) is 11.1 Å². The third-order valence-electron chi connectivity index (χ3n) is 0.866. The third-order valence-corrected chi connectivity index (χ3v) is 1.07. The average Bonchev–Trinajstić information content (AvgIpc) is 2.31. The molecule has 0 aromatic carbocycles. The number of carboxylic acids is 1. The van der Waals surface area contributed by atoms with Crippen molar-refractivity contribution in [2.45, 2.75) is 0 Å². The summed E-state index contributed by atoms with van der Waals surface area (Å²) >= 11 is 5.39. The molecule has 0 saturated carbocycles. The van der Waals surface area contributed by atoms with Crippen LogP contribution < -0.4 is 0 Å². The molecular formula is C7H3ClO3. The zero-order valence-electron chi connectivity index (χ0n) is 5.30. The van der Waals surface area contributed by atoms with Gasteiger partial charge in [0.25, 0.3) is 0 Å². The number of carboxylic acid groups (broad SMARTS) is 1. The largest absolute Gasteiger partial charge is 0.472 e. The maximum absolute atomic E-state index is 9.93. The molecule has 0 fully saturated rings. The molecule has 0 aliphatic heterocycles. The first kappa shape index (κ1) is 7.70. The molecule has 56 valence electrons. The fourth-order valence-electron chi connectivity index (χ4n) is 0.497. The molecule has 1 aromatic heterocycles. The van der Waals surface area contributed by atoms with Crippen molar-refractivity contribution in [2.75, 3.05) is 0 Å². The fourth-order valence-corrected chi connectivity index (χ4v) is 0.643. The highest BCUT2D eigenvalue weighted by atomic mass is 35.5. The Bertz CT molecular complexity index is 329. The van der Waals surface area contributed by atoms with Crippen LogP contribution in [0.1, 0.15) is 5.76 Å². The van der Waals surface area contributed by atoms with Crippen molar-refractivity contribution in [3.8, 4) is 11.8 Å². The smallest absolute Gasteiger partial charge is 0.382 e. The van der Waals surface area contributed by atoms with Gasteiger partial charge >= 0.3 is 5.97 Å². The molecular weight excluding hydrogens is 168 g/mol. The Morgan fingerprint density at radius 3 is 2.82 bits per heavy atom. The SMILES string of the molecule is O=C(O)C#Cc1ccc(Cl)o1. The van der Waals surface area contributed by atoms with Gasteiger partial charge in [-0.3, -0.25) is 0 Å². The van der Waals surface area contributed by atoms with Crippen LogP contribution in [-0.2, 0) is 4.79 Å². The van der Waals surface area contributed by atoms with Gasteiger partial charge in [-0.05, 0) is 29.7 Å².